The van der Waals surface area contributed by atoms with E-state index in [9.17, 15) is 14.4 Å². The standard InChI is InChI=1S/C13H22N2O5/c1-3-15(9-6-4-5-7-9)13(19)14-10(12(17)18)8-11(16)20-2/h9-10H,3-8H2,1-2H3,(H,14,19)(H,17,18)/t10-/m0/s1. The molecule has 0 aliphatic heterocycles. The first kappa shape index (κ1) is 16.3. The van der Waals surface area contributed by atoms with E-state index in [1.54, 1.807) is 4.90 Å². The monoisotopic (exact) mass is 286 g/mol. The molecule has 1 atom stereocenters. The van der Waals surface area contributed by atoms with Gasteiger partial charge in [-0.3, -0.25) is 4.79 Å². The van der Waals surface area contributed by atoms with Crippen LogP contribution in [0.25, 0.3) is 0 Å². The molecule has 0 saturated heterocycles. The summed E-state index contributed by atoms with van der Waals surface area (Å²) in [5.74, 6) is -1.91. The number of esters is 1. The summed E-state index contributed by atoms with van der Waals surface area (Å²) in [5, 5.41) is 11.4. The third kappa shape index (κ3) is 4.40. The smallest absolute Gasteiger partial charge is 0.326 e. The molecule has 1 fully saturated rings. The van der Waals surface area contributed by atoms with Gasteiger partial charge in [-0.25, -0.2) is 9.59 Å². The molecule has 0 radical (unpaired) electrons. The van der Waals surface area contributed by atoms with Gasteiger partial charge in [0.2, 0.25) is 0 Å². The van der Waals surface area contributed by atoms with Crippen LogP contribution in [0.4, 0.5) is 4.79 Å². The number of amides is 2. The number of carboxylic acids is 1. The van der Waals surface area contributed by atoms with Crippen molar-refractivity contribution in [2.45, 2.75) is 51.1 Å². The second kappa shape index (κ2) is 7.72. The van der Waals surface area contributed by atoms with Crippen LogP contribution >= 0.6 is 0 Å². The van der Waals surface area contributed by atoms with E-state index in [2.05, 4.69) is 10.1 Å². The average Bonchev–Trinajstić information content (AvgIpc) is 2.92. The van der Waals surface area contributed by atoms with E-state index >= 15 is 0 Å². The fourth-order valence-electron chi connectivity index (χ4n) is 2.47. The minimum atomic E-state index is -1.26. The molecule has 0 aromatic carbocycles. The molecule has 1 saturated carbocycles. The summed E-state index contributed by atoms with van der Waals surface area (Å²) in [6, 6.07) is -1.53. The van der Waals surface area contributed by atoms with Gasteiger partial charge in [0.15, 0.2) is 0 Å². The first-order valence-electron chi connectivity index (χ1n) is 6.86. The molecule has 7 nitrogen and oxygen atoms in total. The van der Waals surface area contributed by atoms with Crippen molar-refractivity contribution in [3.8, 4) is 0 Å². The Bertz CT molecular complexity index is 366. The second-order valence-corrected chi connectivity index (χ2v) is 4.84. The van der Waals surface area contributed by atoms with Crippen LogP contribution in [0.15, 0.2) is 0 Å². The zero-order valence-corrected chi connectivity index (χ0v) is 11.9. The lowest BCUT2D eigenvalue weighted by atomic mass is 10.2. The number of aliphatic carboxylic acids is 1. The van der Waals surface area contributed by atoms with E-state index in [0.717, 1.165) is 25.7 Å². The van der Waals surface area contributed by atoms with Gasteiger partial charge in [0.1, 0.15) is 6.04 Å². The van der Waals surface area contributed by atoms with Crippen molar-refractivity contribution in [2.75, 3.05) is 13.7 Å². The summed E-state index contributed by atoms with van der Waals surface area (Å²) in [4.78, 5) is 36.0. The van der Waals surface area contributed by atoms with Gasteiger partial charge in [-0.05, 0) is 19.8 Å². The normalized spacial score (nSPS) is 16.5. The highest BCUT2D eigenvalue weighted by Crippen LogP contribution is 2.23. The van der Waals surface area contributed by atoms with Gasteiger partial charge in [0.05, 0.1) is 13.5 Å². The number of nitrogens with zero attached hydrogens (tertiary/aromatic N) is 1. The molecule has 0 unspecified atom stereocenters. The fourth-order valence-corrected chi connectivity index (χ4v) is 2.47. The number of carbonyl (C=O) groups is 3. The van der Waals surface area contributed by atoms with Crippen LogP contribution in [0.3, 0.4) is 0 Å². The summed E-state index contributed by atoms with van der Waals surface area (Å²) >= 11 is 0. The molecule has 2 N–H and O–H groups in total. The van der Waals surface area contributed by atoms with E-state index in [4.69, 9.17) is 5.11 Å². The molecule has 1 rings (SSSR count). The van der Waals surface area contributed by atoms with Crippen molar-refractivity contribution in [3.63, 3.8) is 0 Å². The van der Waals surface area contributed by atoms with Crippen molar-refractivity contribution in [2.24, 2.45) is 0 Å². The molecule has 7 heteroatoms. The predicted molar refractivity (Wildman–Crippen MR) is 71.2 cm³/mol. The third-order valence-corrected chi connectivity index (χ3v) is 3.56. The number of rotatable bonds is 6. The van der Waals surface area contributed by atoms with Crippen molar-refractivity contribution in [3.05, 3.63) is 0 Å². The molecule has 1 aliphatic carbocycles. The maximum atomic E-state index is 12.1. The quantitative estimate of drug-likeness (QED) is 0.709. The SMILES string of the molecule is CCN(C(=O)N[C@@H](CC(=O)OC)C(=O)O)C1CCCC1. The summed E-state index contributed by atoms with van der Waals surface area (Å²) in [5.41, 5.74) is 0. The zero-order chi connectivity index (χ0) is 15.1. The molecule has 0 aromatic rings. The van der Waals surface area contributed by atoms with Crippen LogP contribution in [-0.4, -0.2) is 53.7 Å². The van der Waals surface area contributed by atoms with Crippen molar-refractivity contribution < 1.29 is 24.2 Å². The van der Waals surface area contributed by atoms with Gasteiger partial charge < -0.3 is 20.1 Å². The Balaban J connectivity index is 2.63. The van der Waals surface area contributed by atoms with E-state index in [1.165, 1.54) is 7.11 Å². The van der Waals surface area contributed by atoms with Crippen LogP contribution in [0.5, 0.6) is 0 Å². The molecule has 2 amide bonds. The van der Waals surface area contributed by atoms with Gasteiger partial charge in [-0.2, -0.15) is 0 Å². The Morgan fingerprint density at radius 2 is 1.95 bits per heavy atom. The average molecular weight is 286 g/mol. The lowest BCUT2D eigenvalue weighted by Gasteiger charge is -2.29. The van der Waals surface area contributed by atoms with E-state index in [0.29, 0.717) is 6.54 Å². The maximum Gasteiger partial charge on any atom is 0.326 e. The molecular weight excluding hydrogens is 264 g/mol. The summed E-state index contributed by atoms with van der Waals surface area (Å²) in [6.45, 7) is 2.37. The number of ether oxygens (including phenoxy) is 1. The largest absolute Gasteiger partial charge is 0.480 e. The molecule has 0 spiro atoms. The Labute approximate surface area is 118 Å². The van der Waals surface area contributed by atoms with Crippen LogP contribution in [0.1, 0.15) is 39.0 Å². The van der Waals surface area contributed by atoms with Gasteiger partial charge in [0.25, 0.3) is 0 Å². The first-order chi connectivity index (χ1) is 9.49. The second-order valence-electron chi connectivity index (χ2n) is 4.84. The highest BCUT2D eigenvalue weighted by atomic mass is 16.5. The van der Waals surface area contributed by atoms with Crippen molar-refractivity contribution >= 4 is 18.0 Å². The Morgan fingerprint density at radius 1 is 1.35 bits per heavy atom. The minimum Gasteiger partial charge on any atom is -0.480 e. The van der Waals surface area contributed by atoms with Crippen LogP contribution in [-0.2, 0) is 14.3 Å². The number of hydrogen-bond acceptors (Lipinski definition) is 4. The summed E-state index contributed by atoms with van der Waals surface area (Å²) in [6.07, 6.45) is 3.67. The Hall–Kier alpha value is -1.79. The van der Waals surface area contributed by atoms with Crippen molar-refractivity contribution in [1.82, 2.24) is 10.2 Å². The summed E-state index contributed by atoms with van der Waals surface area (Å²) < 4.78 is 4.43. The van der Waals surface area contributed by atoms with Crippen LogP contribution in [0.2, 0.25) is 0 Å². The third-order valence-electron chi connectivity index (χ3n) is 3.56. The number of carbonyl (C=O) groups excluding carboxylic acids is 2. The van der Waals surface area contributed by atoms with Crippen LogP contribution in [0, 0.1) is 0 Å². The van der Waals surface area contributed by atoms with E-state index in [-0.39, 0.29) is 12.5 Å². The highest BCUT2D eigenvalue weighted by Gasteiger charge is 2.29. The zero-order valence-electron chi connectivity index (χ0n) is 11.9. The number of carboxylic acid groups (broad SMARTS) is 1. The van der Waals surface area contributed by atoms with Gasteiger partial charge in [-0.15, -0.1) is 0 Å². The Kier molecular flexibility index (Phi) is 6.27. The maximum absolute atomic E-state index is 12.1. The fraction of sp³-hybridized carbons (Fsp3) is 0.769. The van der Waals surface area contributed by atoms with Gasteiger partial charge in [0, 0.05) is 12.6 Å². The molecule has 20 heavy (non-hydrogen) atoms. The number of nitrogens with one attached hydrogen (secondary N) is 1. The number of hydrogen-bond donors (Lipinski definition) is 2. The highest BCUT2D eigenvalue weighted by molar-refractivity contribution is 5.86. The lowest BCUT2D eigenvalue weighted by molar-refractivity contribution is -0.147. The molecular formula is C13H22N2O5. The molecule has 0 heterocycles. The number of urea groups is 1. The lowest BCUT2D eigenvalue weighted by Crippen LogP contribution is -2.51. The topological polar surface area (TPSA) is 95.9 Å². The molecule has 0 aromatic heterocycles. The van der Waals surface area contributed by atoms with Gasteiger partial charge in [-0.1, -0.05) is 12.8 Å². The predicted octanol–water partition coefficient (Wildman–Crippen LogP) is 0.977. The molecule has 0 bridgehead atoms. The minimum absolute atomic E-state index is 0.160. The van der Waals surface area contributed by atoms with Crippen LogP contribution < -0.4 is 5.32 Å². The molecule has 114 valence electrons. The first-order valence-corrected chi connectivity index (χ1v) is 6.86. The van der Waals surface area contributed by atoms with E-state index in [1.807, 2.05) is 6.92 Å². The van der Waals surface area contributed by atoms with Gasteiger partial charge >= 0.3 is 18.0 Å². The number of methoxy groups -OCH3 is 1. The Morgan fingerprint density at radius 3 is 2.40 bits per heavy atom. The molecule has 1 aliphatic rings. The van der Waals surface area contributed by atoms with Crippen molar-refractivity contribution in [1.29, 1.82) is 0 Å². The van der Waals surface area contributed by atoms with E-state index < -0.39 is 24.0 Å². The summed E-state index contributed by atoms with van der Waals surface area (Å²) in [7, 11) is 1.18.